The lowest BCUT2D eigenvalue weighted by atomic mass is 10.1. The fraction of sp³-hybridized carbons (Fsp3) is 0.615. The summed E-state index contributed by atoms with van der Waals surface area (Å²) >= 11 is 5.96. The Kier molecular flexibility index (Phi) is 4.88. The number of hydrogen-bond donors (Lipinski definition) is 2. The standard InChI is InChI=1S/C13H20ClN3O2S/c1-9-3-4-10(5-9)7-17-20(18,19)11-6-12(14)13(15-2)16-8-11/h6,8-10,17H,3-5,7H2,1-2H3,(H,15,16). The normalized spacial score (nSPS) is 22.9. The Labute approximate surface area is 125 Å². The molecule has 2 atom stereocenters. The highest BCUT2D eigenvalue weighted by atomic mass is 35.5. The van der Waals surface area contributed by atoms with Crippen LogP contribution in [0, 0.1) is 11.8 Å². The number of halogens is 1. The van der Waals surface area contributed by atoms with E-state index in [1.165, 1.54) is 18.7 Å². The van der Waals surface area contributed by atoms with Crippen LogP contribution in [0.5, 0.6) is 0 Å². The molecule has 5 nitrogen and oxygen atoms in total. The average Bonchev–Trinajstić information content (AvgIpc) is 2.82. The van der Waals surface area contributed by atoms with Gasteiger partial charge in [-0.25, -0.2) is 18.1 Å². The van der Waals surface area contributed by atoms with E-state index in [4.69, 9.17) is 11.6 Å². The lowest BCUT2D eigenvalue weighted by molar-refractivity contribution is 0.498. The van der Waals surface area contributed by atoms with E-state index < -0.39 is 10.0 Å². The van der Waals surface area contributed by atoms with Gasteiger partial charge in [0.05, 0.1) is 5.02 Å². The van der Waals surface area contributed by atoms with Crippen LogP contribution in [0.15, 0.2) is 17.2 Å². The lowest BCUT2D eigenvalue weighted by Crippen LogP contribution is -2.28. The Morgan fingerprint density at radius 3 is 2.75 bits per heavy atom. The lowest BCUT2D eigenvalue weighted by Gasteiger charge is -2.12. The maximum absolute atomic E-state index is 12.2. The van der Waals surface area contributed by atoms with E-state index in [1.807, 2.05) is 0 Å². The molecule has 0 bridgehead atoms. The van der Waals surface area contributed by atoms with Crippen LogP contribution in [0.4, 0.5) is 5.82 Å². The van der Waals surface area contributed by atoms with Crippen LogP contribution in [0.1, 0.15) is 26.2 Å². The zero-order chi connectivity index (χ0) is 14.8. The van der Waals surface area contributed by atoms with Crippen molar-refractivity contribution >= 4 is 27.4 Å². The van der Waals surface area contributed by atoms with Gasteiger partial charge >= 0.3 is 0 Å². The number of aromatic nitrogens is 1. The molecular formula is C13H20ClN3O2S. The number of rotatable bonds is 5. The molecule has 1 aliphatic rings. The van der Waals surface area contributed by atoms with E-state index in [-0.39, 0.29) is 4.90 Å². The van der Waals surface area contributed by atoms with Crippen LogP contribution >= 0.6 is 11.6 Å². The minimum Gasteiger partial charge on any atom is -0.372 e. The third-order valence-electron chi connectivity index (χ3n) is 3.73. The maximum atomic E-state index is 12.2. The van der Waals surface area contributed by atoms with E-state index in [2.05, 4.69) is 21.9 Å². The van der Waals surface area contributed by atoms with E-state index in [9.17, 15) is 8.42 Å². The van der Waals surface area contributed by atoms with Gasteiger partial charge < -0.3 is 5.32 Å². The predicted molar refractivity (Wildman–Crippen MR) is 80.5 cm³/mol. The molecule has 0 aliphatic heterocycles. The maximum Gasteiger partial charge on any atom is 0.242 e. The first-order chi connectivity index (χ1) is 9.42. The van der Waals surface area contributed by atoms with Gasteiger partial charge in [0, 0.05) is 19.8 Å². The second-order valence-electron chi connectivity index (χ2n) is 5.39. The van der Waals surface area contributed by atoms with Crippen molar-refractivity contribution < 1.29 is 8.42 Å². The molecular weight excluding hydrogens is 298 g/mol. The first-order valence-electron chi connectivity index (χ1n) is 6.75. The SMILES string of the molecule is CNc1ncc(S(=O)(=O)NCC2CCC(C)C2)cc1Cl. The van der Waals surface area contributed by atoms with Gasteiger partial charge in [0.15, 0.2) is 0 Å². The third-order valence-corrected chi connectivity index (χ3v) is 5.41. The second-order valence-corrected chi connectivity index (χ2v) is 7.56. The topological polar surface area (TPSA) is 71.1 Å². The van der Waals surface area contributed by atoms with Gasteiger partial charge in [-0.15, -0.1) is 0 Å². The molecule has 1 heterocycles. The summed E-state index contributed by atoms with van der Waals surface area (Å²) in [6.45, 7) is 2.69. The molecule has 2 N–H and O–H groups in total. The van der Waals surface area contributed by atoms with E-state index >= 15 is 0 Å². The number of sulfonamides is 1. The van der Waals surface area contributed by atoms with Crippen LogP contribution in [0.25, 0.3) is 0 Å². The summed E-state index contributed by atoms with van der Waals surface area (Å²) < 4.78 is 27.0. The number of nitrogens with one attached hydrogen (secondary N) is 2. The van der Waals surface area contributed by atoms with Crippen LogP contribution in [0.2, 0.25) is 5.02 Å². The molecule has 1 aromatic rings. The molecule has 7 heteroatoms. The Morgan fingerprint density at radius 2 is 2.20 bits per heavy atom. The van der Waals surface area contributed by atoms with Crippen molar-refractivity contribution in [3.8, 4) is 0 Å². The van der Waals surface area contributed by atoms with Gasteiger partial charge in [-0.3, -0.25) is 0 Å². The minimum atomic E-state index is -3.54. The molecule has 20 heavy (non-hydrogen) atoms. The molecule has 0 amide bonds. The summed E-state index contributed by atoms with van der Waals surface area (Å²) in [6.07, 6.45) is 4.66. The fourth-order valence-electron chi connectivity index (χ4n) is 2.57. The first kappa shape index (κ1) is 15.5. The van der Waals surface area contributed by atoms with Crippen LogP contribution < -0.4 is 10.0 Å². The summed E-state index contributed by atoms with van der Waals surface area (Å²) in [5.41, 5.74) is 0. The highest BCUT2D eigenvalue weighted by molar-refractivity contribution is 7.89. The fourth-order valence-corrected chi connectivity index (χ4v) is 3.98. The predicted octanol–water partition coefficient (Wildman–Crippen LogP) is 2.49. The highest BCUT2D eigenvalue weighted by Gasteiger charge is 2.24. The zero-order valence-electron chi connectivity index (χ0n) is 11.7. The van der Waals surface area contributed by atoms with Crippen molar-refractivity contribution in [3.05, 3.63) is 17.3 Å². The van der Waals surface area contributed by atoms with Crippen molar-refractivity contribution in [3.63, 3.8) is 0 Å². The molecule has 112 valence electrons. The minimum absolute atomic E-state index is 0.104. The van der Waals surface area contributed by atoms with Crippen LogP contribution in [0.3, 0.4) is 0 Å². The van der Waals surface area contributed by atoms with Crippen molar-refractivity contribution in [2.45, 2.75) is 31.1 Å². The first-order valence-corrected chi connectivity index (χ1v) is 8.61. The van der Waals surface area contributed by atoms with Crippen LogP contribution in [-0.4, -0.2) is 27.0 Å². The molecule has 2 rings (SSSR count). The summed E-state index contributed by atoms with van der Waals surface area (Å²) in [7, 11) is -1.85. The van der Waals surface area contributed by atoms with Crippen molar-refractivity contribution in [2.24, 2.45) is 11.8 Å². The summed E-state index contributed by atoms with van der Waals surface area (Å²) in [5, 5.41) is 3.09. The van der Waals surface area contributed by atoms with E-state index in [0.29, 0.717) is 29.2 Å². The molecule has 1 saturated carbocycles. The Hall–Kier alpha value is -0.850. The Balaban J connectivity index is 2.04. The molecule has 0 saturated heterocycles. The van der Waals surface area contributed by atoms with Gasteiger partial charge in [-0.1, -0.05) is 24.9 Å². The Morgan fingerprint density at radius 1 is 1.45 bits per heavy atom. The molecule has 1 fully saturated rings. The van der Waals surface area contributed by atoms with Crippen molar-refractivity contribution in [2.75, 3.05) is 18.9 Å². The average molecular weight is 318 g/mol. The molecule has 1 aromatic heterocycles. The number of hydrogen-bond acceptors (Lipinski definition) is 4. The third kappa shape index (κ3) is 3.62. The van der Waals surface area contributed by atoms with Gasteiger partial charge in [0.25, 0.3) is 0 Å². The summed E-state index contributed by atoms with van der Waals surface area (Å²) in [6, 6.07) is 1.42. The van der Waals surface area contributed by atoms with Gasteiger partial charge in [0.1, 0.15) is 10.7 Å². The number of anilines is 1. The van der Waals surface area contributed by atoms with Crippen LogP contribution in [-0.2, 0) is 10.0 Å². The van der Waals surface area contributed by atoms with Crippen molar-refractivity contribution in [1.82, 2.24) is 9.71 Å². The summed E-state index contributed by atoms with van der Waals surface area (Å²) in [5.74, 6) is 1.59. The van der Waals surface area contributed by atoms with Gasteiger partial charge in [-0.2, -0.15) is 0 Å². The number of pyridine rings is 1. The van der Waals surface area contributed by atoms with E-state index in [1.54, 1.807) is 7.05 Å². The molecule has 1 aliphatic carbocycles. The second kappa shape index (κ2) is 6.28. The summed E-state index contributed by atoms with van der Waals surface area (Å²) in [4.78, 5) is 4.10. The monoisotopic (exact) mass is 317 g/mol. The number of nitrogens with zero attached hydrogens (tertiary/aromatic N) is 1. The van der Waals surface area contributed by atoms with E-state index in [0.717, 1.165) is 12.8 Å². The molecule has 2 unspecified atom stereocenters. The smallest absolute Gasteiger partial charge is 0.242 e. The largest absolute Gasteiger partial charge is 0.372 e. The van der Waals surface area contributed by atoms with Gasteiger partial charge in [0.2, 0.25) is 10.0 Å². The molecule has 0 spiro atoms. The molecule has 0 radical (unpaired) electrons. The quantitative estimate of drug-likeness (QED) is 0.875. The van der Waals surface area contributed by atoms with Crippen molar-refractivity contribution in [1.29, 1.82) is 0 Å². The van der Waals surface area contributed by atoms with Gasteiger partial charge in [-0.05, 0) is 30.7 Å². The molecule has 0 aromatic carbocycles. The zero-order valence-corrected chi connectivity index (χ0v) is 13.3. The Bertz CT molecular complexity index is 577. The highest BCUT2D eigenvalue weighted by Crippen LogP contribution is 2.30.